The summed E-state index contributed by atoms with van der Waals surface area (Å²) in [5, 5.41) is 5.76. The molecule has 23 heavy (non-hydrogen) atoms. The minimum absolute atomic E-state index is 0.195. The second kappa shape index (κ2) is 7.01. The Morgan fingerprint density at radius 3 is 3.09 bits per heavy atom. The van der Waals surface area contributed by atoms with E-state index in [1.165, 1.54) is 11.3 Å². The lowest BCUT2D eigenvalue weighted by molar-refractivity contribution is 0.112. The molecule has 0 spiro atoms. The Bertz CT molecular complexity index is 697. The van der Waals surface area contributed by atoms with Gasteiger partial charge < -0.3 is 10.1 Å². The van der Waals surface area contributed by atoms with E-state index in [1.807, 2.05) is 0 Å². The summed E-state index contributed by atoms with van der Waals surface area (Å²) >= 11 is 1.38. The van der Waals surface area contributed by atoms with Crippen LogP contribution in [0.2, 0.25) is 0 Å². The Balaban J connectivity index is 1.50. The number of urea groups is 1. The Labute approximate surface area is 135 Å². The number of hydrogen-bond donors (Lipinski definition) is 2. The quantitative estimate of drug-likeness (QED) is 0.900. The zero-order valence-corrected chi connectivity index (χ0v) is 13.0. The summed E-state index contributed by atoms with van der Waals surface area (Å²) in [5.41, 5.74) is 1.19. The third-order valence-electron chi connectivity index (χ3n) is 3.40. The van der Waals surface area contributed by atoms with Crippen LogP contribution in [0.5, 0.6) is 0 Å². The molecule has 5 nitrogen and oxygen atoms in total. The Morgan fingerprint density at radius 1 is 1.39 bits per heavy atom. The van der Waals surface area contributed by atoms with Gasteiger partial charge in [-0.25, -0.2) is 18.6 Å². The molecular formula is C15H15F2N3O2S. The van der Waals surface area contributed by atoms with E-state index in [0.717, 1.165) is 35.2 Å². The number of anilines is 1. The molecule has 0 bridgehead atoms. The fraction of sp³-hybridized carbons (Fsp3) is 0.333. The molecule has 1 aliphatic heterocycles. The van der Waals surface area contributed by atoms with Crippen molar-refractivity contribution in [3.05, 3.63) is 46.0 Å². The fourth-order valence-corrected chi connectivity index (χ4v) is 3.21. The van der Waals surface area contributed by atoms with Crippen LogP contribution in [0, 0.1) is 11.6 Å². The van der Waals surface area contributed by atoms with Crippen molar-refractivity contribution in [1.29, 1.82) is 0 Å². The summed E-state index contributed by atoms with van der Waals surface area (Å²) in [6, 6.07) is 2.85. The average molecular weight is 339 g/mol. The summed E-state index contributed by atoms with van der Waals surface area (Å²) in [7, 11) is 0. The number of carbonyl (C=O) groups excluding carboxylic acids is 1. The van der Waals surface area contributed by atoms with Crippen molar-refractivity contribution in [1.82, 2.24) is 10.3 Å². The number of benzene rings is 1. The molecular weight excluding hydrogens is 324 g/mol. The number of aromatic nitrogens is 1. The number of rotatable bonds is 4. The molecule has 0 aliphatic carbocycles. The van der Waals surface area contributed by atoms with E-state index in [2.05, 4.69) is 15.6 Å². The molecule has 2 heterocycles. The first-order chi connectivity index (χ1) is 11.1. The number of fused-ring (bicyclic) bond motifs is 1. The number of halogens is 2. The Morgan fingerprint density at radius 2 is 2.26 bits per heavy atom. The lowest BCUT2D eigenvalue weighted by atomic mass is 10.1. The summed E-state index contributed by atoms with van der Waals surface area (Å²) < 4.78 is 31.8. The van der Waals surface area contributed by atoms with Gasteiger partial charge >= 0.3 is 6.03 Å². The molecule has 1 aliphatic rings. The van der Waals surface area contributed by atoms with Crippen molar-refractivity contribution in [2.75, 3.05) is 18.5 Å². The molecule has 0 saturated heterocycles. The Kier molecular flexibility index (Phi) is 4.82. The first kappa shape index (κ1) is 15.8. The Hall–Kier alpha value is -2.06. The molecule has 3 rings (SSSR count). The molecule has 0 unspecified atom stereocenters. The molecule has 0 atom stereocenters. The van der Waals surface area contributed by atoms with Crippen molar-refractivity contribution in [3.63, 3.8) is 0 Å². The topological polar surface area (TPSA) is 63.2 Å². The van der Waals surface area contributed by atoms with Crippen molar-refractivity contribution in [3.8, 4) is 0 Å². The number of hydrogen-bond acceptors (Lipinski definition) is 4. The van der Waals surface area contributed by atoms with E-state index in [1.54, 1.807) is 0 Å². The second-order valence-corrected chi connectivity index (χ2v) is 6.14. The van der Waals surface area contributed by atoms with Gasteiger partial charge in [0.2, 0.25) is 0 Å². The number of ether oxygens (including phenoxy) is 1. The number of amides is 2. The third kappa shape index (κ3) is 4.02. The second-order valence-electron chi connectivity index (χ2n) is 5.06. The molecule has 8 heteroatoms. The highest BCUT2D eigenvalue weighted by atomic mass is 32.1. The van der Waals surface area contributed by atoms with Crippen molar-refractivity contribution in [2.45, 2.75) is 19.4 Å². The molecule has 122 valence electrons. The molecule has 2 aromatic rings. The summed E-state index contributed by atoms with van der Waals surface area (Å²) in [4.78, 5) is 17.2. The maximum Gasteiger partial charge on any atom is 0.321 e. The van der Waals surface area contributed by atoms with Crippen LogP contribution in [0.3, 0.4) is 0 Å². The van der Waals surface area contributed by atoms with Gasteiger partial charge in [-0.15, -0.1) is 0 Å². The predicted molar refractivity (Wildman–Crippen MR) is 82.6 cm³/mol. The van der Waals surface area contributed by atoms with Crippen LogP contribution in [0.25, 0.3) is 0 Å². The van der Waals surface area contributed by atoms with E-state index in [0.29, 0.717) is 18.3 Å². The average Bonchev–Trinajstić information content (AvgIpc) is 2.92. The molecule has 1 aromatic carbocycles. The highest BCUT2D eigenvalue weighted by Gasteiger charge is 2.16. The van der Waals surface area contributed by atoms with Crippen molar-refractivity contribution < 1.29 is 18.3 Å². The third-order valence-corrected chi connectivity index (χ3v) is 4.39. The smallest absolute Gasteiger partial charge is 0.321 e. The van der Waals surface area contributed by atoms with Gasteiger partial charge in [0.1, 0.15) is 11.6 Å². The first-order valence-electron chi connectivity index (χ1n) is 7.17. The van der Waals surface area contributed by atoms with Gasteiger partial charge in [-0.05, 0) is 30.2 Å². The van der Waals surface area contributed by atoms with Gasteiger partial charge in [-0.1, -0.05) is 11.3 Å². The minimum atomic E-state index is -0.499. The molecule has 2 N–H and O–H groups in total. The zero-order valence-electron chi connectivity index (χ0n) is 12.2. The number of nitrogens with one attached hydrogen (secondary N) is 2. The van der Waals surface area contributed by atoms with Crippen LogP contribution in [-0.2, 0) is 24.2 Å². The van der Waals surface area contributed by atoms with Gasteiger partial charge in [0.05, 0.1) is 23.8 Å². The normalized spacial score (nSPS) is 13.5. The SMILES string of the molecule is O=C(NCCc1cc(F)ccc1F)Nc1nc2c(s1)COCC2. The monoisotopic (exact) mass is 339 g/mol. The predicted octanol–water partition coefficient (Wildman–Crippen LogP) is 2.86. The van der Waals surface area contributed by atoms with E-state index in [-0.39, 0.29) is 18.5 Å². The van der Waals surface area contributed by atoms with Gasteiger partial charge in [-0.2, -0.15) is 0 Å². The van der Waals surface area contributed by atoms with Crippen LogP contribution in [0.4, 0.5) is 18.7 Å². The van der Waals surface area contributed by atoms with Crippen LogP contribution in [0.1, 0.15) is 16.1 Å². The van der Waals surface area contributed by atoms with Crippen molar-refractivity contribution >= 4 is 22.5 Å². The first-order valence-corrected chi connectivity index (χ1v) is 7.98. The van der Waals surface area contributed by atoms with E-state index < -0.39 is 17.7 Å². The lowest BCUT2D eigenvalue weighted by Gasteiger charge is -2.08. The molecule has 0 radical (unpaired) electrons. The summed E-state index contributed by atoms with van der Waals surface area (Å²) in [6.07, 6.45) is 0.952. The van der Waals surface area contributed by atoms with Crippen LogP contribution in [0.15, 0.2) is 18.2 Å². The van der Waals surface area contributed by atoms with E-state index in [9.17, 15) is 13.6 Å². The largest absolute Gasteiger partial charge is 0.375 e. The maximum absolute atomic E-state index is 13.5. The van der Waals surface area contributed by atoms with E-state index >= 15 is 0 Å². The molecule has 0 saturated carbocycles. The summed E-state index contributed by atoms with van der Waals surface area (Å²) in [6.45, 7) is 1.36. The molecule has 0 fully saturated rings. The highest BCUT2D eigenvalue weighted by Crippen LogP contribution is 2.26. The van der Waals surface area contributed by atoms with Gasteiger partial charge in [0.15, 0.2) is 5.13 Å². The zero-order chi connectivity index (χ0) is 16.2. The minimum Gasteiger partial charge on any atom is -0.375 e. The maximum atomic E-state index is 13.5. The number of nitrogens with zero attached hydrogens (tertiary/aromatic N) is 1. The molecule has 2 amide bonds. The van der Waals surface area contributed by atoms with Crippen LogP contribution in [-0.4, -0.2) is 24.2 Å². The number of carbonyl (C=O) groups is 1. The van der Waals surface area contributed by atoms with Gasteiger partial charge in [0.25, 0.3) is 0 Å². The van der Waals surface area contributed by atoms with Crippen LogP contribution < -0.4 is 10.6 Å². The standard InChI is InChI=1S/C15H15F2N3O2S/c16-10-1-2-11(17)9(7-10)3-5-18-14(21)20-15-19-12-4-6-22-8-13(12)23-15/h1-2,7H,3-6,8H2,(H2,18,19,20,21). The van der Waals surface area contributed by atoms with Gasteiger partial charge in [-0.3, -0.25) is 5.32 Å². The van der Waals surface area contributed by atoms with Gasteiger partial charge in [0, 0.05) is 13.0 Å². The molecule has 1 aromatic heterocycles. The van der Waals surface area contributed by atoms with Crippen LogP contribution >= 0.6 is 11.3 Å². The van der Waals surface area contributed by atoms with Crippen molar-refractivity contribution in [2.24, 2.45) is 0 Å². The highest BCUT2D eigenvalue weighted by molar-refractivity contribution is 7.15. The van der Waals surface area contributed by atoms with E-state index in [4.69, 9.17) is 4.74 Å². The lowest BCUT2D eigenvalue weighted by Crippen LogP contribution is -2.30. The number of thiazole rings is 1. The summed E-state index contributed by atoms with van der Waals surface area (Å²) in [5.74, 6) is -0.984. The fourth-order valence-electron chi connectivity index (χ4n) is 2.27.